The van der Waals surface area contributed by atoms with Crippen LogP contribution in [0.15, 0.2) is 12.1 Å². The third kappa shape index (κ3) is 1.91. The highest BCUT2D eigenvalue weighted by atomic mass is 19.1. The summed E-state index contributed by atoms with van der Waals surface area (Å²) in [6.07, 6.45) is 3.23. The lowest BCUT2D eigenvalue weighted by molar-refractivity contribution is 0.387. The number of hydrogen-bond acceptors (Lipinski definition) is 2. The number of aromatic nitrogens is 1. The molecule has 0 fully saturated rings. The molecule has 0 saturated heterocycles. The van der Waals surface area contributed by atoms with Crippen molar-refractivity contribution in [2.45, 2.75) is 38.8 Å². The van der Waals surface area contributed by atoms with Crippen molar-refractivity contribution in [3.05, 3.63) is 29.2 Å². The summed E-state index contributed by atoms with van der Waals surface area (Å²) in [6.45, 7) is 2.76. The van der Waals surface area contributed by atoms with E-state index in [1.54, 1.807) is 12.1 Å². The lowest BCUT2D eigenvalue weighted by atomic mass is 10.1. The van der Waals surface area contributed by atoms with Crippen molar-refractivity contribution >= 4 is 10.9 Å². The molecule has 1 heterocycles. The number of benzene rings is 1. The van der Waals surface area contributed by atoms with Crippen molar-refractivity contribution in [1.82, 2.24) is 4.57 Å². The molecule has 0 aliphatic heterocycles. The summed E-state index contributed by atoms with van der Waals surface area (Å²) in [7, 11) is 1.50. The number of aryl methyl sites for hydroxylation is 1. The van der Waals surface area contributed by atoms with E-state index in [0.29, 0.717) is 5.75 Å². The number of nitrogens with zero attached hydrogens (tertiary/aromatic N) is 1. The molecule has 0 spiro atoms. The first-order chi connectivity index (χ1) is 9.11. The molecule has 0 bridgehead atoms. The van der Waals surface area contributed by atoms with Gasteiger partial charge in [-0.15, -0.1) is 0 Å². The van der Waals surface area contributed by atoms with Gasteiger partial charge in [0.15, 0.2) is 11.6 Å². The highest BCUT2D eigenvalue weighted by Gasteiger charge is 2.23. The van der Waals surface area contributed by atoms with Crippen molar-refractivity contribution in [2.75, 3.05) is 7.11 Å². The Balaban J connectivity index is 2.27. The second-order valence-electron chi connectivity index (χ2n) is 5.37. The monoisotopic (exact) mass is 262 g/mol. The first kappa shape index (κ1) is 12.5. The van der Waals surface area contributed by atoms with E-state index in [2.05, 4.69) is 4.57 Å². The highest BCUT2D eigenvalue weighted by Crippen LogP contribution is 2.36. The maximum absolute atomic E-state index is 13.9. The third-order valence-corrected chi connectivity index (χ3v) is 3.87. The number of methoxy groups -OCH3 is 1. The SMILES string of the molecule is COc1cc2c(cc1F)c1c(n2C[C@H](C)N)CCC1. The van der Waals surface area contributed by atoms with Gasteiger partial charge in [-0.25, -0.2) is 4.39 Å². The van der Waals surface area contributed by atoms with Crippen LogP contribution in [-0.2, 0) is 19.4 Å². The number of halogens is 1. The molecule has 2 aromatic rings. The summed E-state index contributed by atoms with van der Waals surface area (Å²) in [6, 6.07) is 3.48. The summed E-state index contributed by atoms with van der Waals surface area (Å²) in [5, 5.41) is 1.02. The van der Waals surface area contributed by atoms with Gasteiger partial charge in [-0.2, -0.15) is 0 Å². The topological polar surface area (TPSA) is 40.2 Å². The molecule has 3 rings (SSSR count). The molecule has 19 heavy (non-hydrogen) atoms. The molecule has 4 heteroatoms. The number of hydrogen-bond donors (Lipinski definition) is 1. The first-order valence-corrected chi connectivity index (χ1v) is 6.75. The second kappa shape index (κ2) is 4.53. The van der Waals surface area contributed by atoms with Crippen LogP contribution < -0.4 is 10.5 Å². The molecule has 0 radical (unpaired) electrons. The molecule has 2 N–H and O–H groups in total. The van der Waals surface area contributed by atoms with E-state index in [9.17, 15) is 4.39 Å². The fourth-order valence-corrected chi connectivity index (χ4v) is 3.12. The Morgan fingerprint density at radius 2 is 2.21 bits per heavy atom. The largest absolute Gasteiger partial charge is 0.494 e. The van der Waals surface area contributed by atoms with Gasteiger partial charge < -0.3 is 15.0 Å². The first-order valence-electron chi connectivity index (χ1n) is 6.75. The van der Waals surface area contributed by atoms with Gasteiger partial charge in [-0.1, -0.05) is 0 Å². The van der Waals surface area contributed by atoms with Crippen LogP contribution in [0.2, 0.25) is 0 Å². The van der Waals surface area contributed by atoms with Crippen LogP contribution in [0.4, 0.5) is 4.39 Å². The number of ether oxygens (including phenoxy) is 1. The average molecular weight is 262 g/mol. The van der Waals surface area contributed by atoms with Crippen LogP contribution in [0.5, 0.6) is 5.75 Å². The van der Waals surface area contributed by atoms with E-state index >= 15 is 0 Å². The van der Waals surface area contributed by atoms with Crippen LogP contribution in [-0.4, -0.2) is 17.7 Å². The van der Waals surface area contributed by atoms with Gasteiger partial charge in [0.25, 0.3) is 0 Å². The van der Waals surface area contributed by atoms with Crippen molar-refractivity contribution in [2.24, 2.45) is 5.73 Å². The number of rotatable bonds is 3. The fourth-order valence-electron chi connectivity index (χ4n) is 3.12. The van der Waals surface area contributed by atoms with Crippen LogP contribution in [0.3, 0.4) is 0 Å². The summed E-state index contributed by atoms with van der Waals surface area (Å²) in [4.78, 5) is 0. The van der Waals surface area contributed by atoms with Crippen LogP contribution >= 0.6 is 0 Å². The maximum Gasteiger partial charge on any atom is 0.165 e. The summed E-state index contributed by atoms with van der Waals surface area (Å²) >= 11 is 0. The predicted octanol–water partition coefficient (Wildman–Crippen LogP) is 2.62. The van der Waals surface area contributed by atoms with Gasteiger partial charge in [0.1, 0.15) is 0 Å². The Hall–Kier alpha value is -1.55. The average Bonchev–Trinajstić information content (AvgIpc) is 2.92. The molecule has 102 valence electrons. The normalized spacial score (nSPS) is 15.8. The fraction of sp³-hybridized carbons (Fsp3) is 0.467. The number of fused-ring (bicyclic) bond motifs is 3. The lowest BCUT2D eigenvalue weighted by Gasteiger charge is -2.13. The zero-order chi connectivity index (χ0) is 13.6. The molecular formula is C15H19FN2O. The quantitative estimate of drug-likeness (QED) is 0.923. The summed E-state index contributed by atoms with van der Waals surface area (Å²) < 4.78 is 21.2. The smallest absolute Gasteiger partial charge is 0.165 e. The zero-order valence-electron chi connectivity index (χ0n) is 11.4. The Kier molecular flexibility index (Phi) is 2.97. The van der Waals surface area contributed by atoms with Gasteiger partial charge in [0, 0.05) is 29.7 Å². The van der Waals surface area contributed by atoms with E-state index in [1.165, 1.54) is 18.4 Å². The Morgan fingerprint density at radius 3 is 2.89 bits per heavy atom. The van der Waals surface area contributed by atoms with Crippen LogP contribution in [0.25, 0.3) is 10.9 Å². The molecule has 1 atom stereocenters. The zero-order valence-corrected chi connectivity index (χ0v) is 11.4. The van der Waals surface area contributed by atoms with E-state index in [0.717, 1.165) is 36.7 Å². The standard InChI is InChI=1S/C15H19FN2O/c1-9(17)8-18-13-5-3-4-10(13)11-6-12(16)15(19-2)7-14(11)18/h6-7,9H,3-5,8,17H2,1-2H3/t9-/m0/s1. The summed E-state index contributed by atoms with van der Waals surface area (Å²) in [5.74, 6) is 0.0113. The molecule has 0 unspecified atom stereocenters. The molecule has 1 aromatic carbocycles. The van der Waals surface area contributed by atoms with E-state index < -0.39 is 0 Å². The number of nitrogens with two attached hydrogens (primary N) is 1. The van der Waals surface area contributed by atoms with Crippen molar-refractivity contribution < 1.29 is 9.13 Å². The van der Waals surface area contributed by atoms with E-state index in [-0.39, 0.29) is 11.9 Å². The van der Waals surface area contributed by atoms with Gasteiger partial charge in [-0.3, -0.25) is 0 Å². The minimum atomic E-state index is -0.289. The van der Waals surface area contributed by atoms with Crippen LogP contribution in [0, 0.1) is 5.82 Å². The van der Waals surface area contributed by atoms with Crippen molar-refractivity contribution in [3.63, 3.8) is 0 Å². The van der Waals surface area contributed by atoms with Gasteiger partial charge in [0.2, 0.25) is 0 Å². The molecule has 3 nitrogen and oxygen atoms in total. The molecular weight excluding hydrogens is 243 g/mol. The van der Waals surface area contributed by atoms with Crippen molar-refractivity contribution in [1.29, 1.82) is 0 Å². The van der Waals surface area contributed by atoms with Gasteiger partial charge in [0.05, 0.1) is 12.6 Å². The Labute approximate surface area is 112 Å². The third-order valence-electron chi connectivity index (χ3n) is 3.87. The van der Waals surface area contributed by atoms with Crippen molar-refractivity contribution in [3.8, 4) is 5.75 Å². The molecule has 0 saturated carbocycles. The Morgan fingerprint density at radius 1 is 1.42 bits per heavy atom. The van der Waals surface area contributed by atoms with Gasteiger partial charge in [-0.05, 0) is 37.8 Å². The lowest BCUT2D eigenvalue weighted by Crippen LogP contribution is -2.23. The second-order valence-corrected chi connectivity index (χ2v) is 5.37. The molecule has 1 aliphatic rings. The predicted molar refractivity (Wildman–Crippen MR) is 74.1 cm³/mol. The highest BCUT2D eigenvalue weighted by molar-refractivity contribution is 5.87. The Bertz CT molecular complexity index is 631. The van der Waals surface area contributed by atoms with E-state index in [4.69, 9.17) is 10.5 Å². The minimum Gasteiger partial charge on any atom is -0.494 e. The maximum atomic E-state index is 13.9. The van der Waals surface area contributed by atoms with Gasteiger partial charge >= 0.3 is 0 Å². The van der Waals surface area contributed by atoms with E-state index in [1.807, 2.05) is 6.92 Å². The van der Waals surface area contributed by atoms with Crippen LogP contribution in [0.1, 0.15) is 24.6 Å². The molecule has 1 aliphatic carbocycles. The summed E-state index contributed by atoms with van der Waals surface area (Å²) in [5.41, 5.74) is 9.59. The molecule has 1 aromatic heterocycles. The minimum absolute atomic E-state index is 0.0800. The molecule has 0 amide bonds.